The summed E-state index contributed by atoms with van der Waals surface area (Å²) in [5.74, 6) is 2.13. The van der Waals surface area contributed by atoms with Crippen molar-refractivity contribution in [3.8, 4) is 50.9 Å². The van der Waals surface area contributed by atoms with Gasteiger partial charge in [-0.1, -0.05) is 186 Å². The van der Waals surface area contributed by atoms with E-state index in [9.17, 15) is 2.74 Å². The quantitative estimate of drug-likeness (QED) is 0.118. The van der Waals surface area contributed by atoms with E-state index in [4.69, 9.17) is 13.8 Å². The van der Waals surface area contributed by atoms with Crippen LogP contribution in [-0.4, -0.2) is 14.1 Å². The van der Waals surface area contributed by atoms with Crippen LogP contribution in [0.25, 0.3) is 72.3 Å². The molecule has 69 heavy (non-hydrogen) atoms. The fourth-order valence-electron chi connectivity index (χ4n) is 9.35. The topological polar surface area (TPSA) is 35.9 Å². The summed E-state index contributed by atoms with van der Waals surface area (Å²) < 4.78 is 57.9. The van der Waals surface area contributed by atoms with Crippen molar-refractivity contribution in [2.75, 3.05) is 0 Å². The molecule has 0 aliphatic heterocycles. The fraction of sp³-hybridized carbons (Fsp3) is 0.250. The first-order valence-electron chi connectivity index (χ1n) is 26.5. The van der Waals surface area contributed by atoms with Crippen molar-refractivity contribution in [3.05, 3.63) is 198 Å². The fourth-order valence-corrected chi connectivity index (χ4v) is 9.35. The summed E-state index contributed by atoms with van der Waals surface area (Å²) in [5, 5.41) is 2.23. The first-order valence-corrected chi connectivity index (χ1v) is 24.0. The second kappa shape index (κ2) is 16.8. The number of rotatable bonds is 7. The van der Waals surface area contributed by atoms with Gasteiger partial charge < -0.3 is 4.74 Å². The van der Waals surface area contributed by atoms with E-state index in [2.05, 4.69) is 191 Å². The monoisotopic (exact) mass is 910 g/mol. The van der Waals surface area contributed by atoms with E-state index in [1.165, 1.54) is 11.1 Å². The highest BCUT2D eigenvalue weighted by Crippen LogP contribution is 2.41. The highest BCUT2D eigenvalue weighted by atomic mass is 16.5. The third kappa shape index (κ3) is 8.65. The standard InChI is InChI=1S/C64H64N4O/c1-61(2,3)45-28-25-42(26-29-45)44-27-32-56-58(35-44)66(41-67(56)60-53(43-19-14-13-15-20-43)36-47(63(7,8)9)37-54(60)64(10,11)12)48-21-18-22-49(39-48)69-50-30-31-52-51-23-16-17-24-55(51)68(57(52)40-50)59-38-46(33-34-65-59)62(4,5)6/h13-40H,1-12H3/i13D,14D,15D,19D,20D. The van der Waals surface area contributed by atoms with Crippen molar-refractivity contribution in [3.63, 3.8) is 0 Å². The Bertz CT molecular complexity index is 3830. The van der Waals surface area contributed by atoms with E-state index in [0.29, 0.717) is 22.7 Å². The maximum atomic E-state index is 9.32. The molecule has 0 bridgehead atoms. The largest absolute Gasteiger partial charge is 0.458 e. The number of nitrogens with zero attached hydrogens (tertiary/aromatic N) is 4. The first kappa shape index (κ1) is 39.7. The van der Waals surface area contributed by atoms with Crippen LogP contribution >= 0.6 is 0 Å². The molecule has 7 aromatic carbocycles. The van der Waals surface area contributed by atoms with Crippen LogP contribution in [0.1, 0.15) is 112 Å². The van der Waals surface area contributed by atoms with Crippen molar-refractivity contribution < 1.29 is 16.2 Å². The zero-order valence-corrected chi connectivity index (χ0v) is 42.0. The van der Waals surface area contributed by atoms with Gasteiger partial charge in [0.2, 0.25) is 0 Å². The summed E-state index contributed by atoms with van der Waals surface area (Å²) in [6, 6.07) is 44.6. The van der Waals surface area contributed by atoms with Crippen molar-refractivity contribution in [1.82, 2.24) is 14.1 Å². The van der Waals surface area contributed by atoms with E-state index < -0.39 is 11.5 Å². The lowest BCUT2D eigenvalue weighted by atomic mass is 9.77. The summed E-state index contributed by atoms with van der Waals surface area (Å²) in [6.45, 7) is 26.2. The molecular formula is C64H64N4O. The number of hydrogen-bond donors (Lipinski definition) is 0. The van der Waals surface area contributed by atoms with E-state index in [-0.39, 0.29) is 46.0 Å². The Balaban J connectivity index is 1.19. The van der Waals surface area contributed by atoms with Gasteiger partial charge in [0, 0.05) is 23.0 Å². The third-order valence-electron chi connectivity index (χ3n) is 13.3. The number of fused-ring (bicyclic) bond motifs is 4. The minimum absolute atomic E-state index is 0.00448. The number of aromatic nitrogens is 4. The van der Waals surface area contributed by atoms with Crippen LogP contribution in [0.3, 0.4) is 0 Å². The van der Waals surface area contributed by atoms with E-state index in [1.54, 1.807) is 0 Å². The number of hydrogen-bond acceptors (Lipinski definition) is 2. The van der Waals surface area contributed by atoms with Crippen LogP contribution < -0.4 is 9.30 Å². The lowest BCUT2D eigenvalue weighted by Crippen LogP contribution is -2.35. The van der Waals surface area contributed by atoms with E-state index in [1.807, 2.05) is 51.7 Å². The molecule has 5 nitrogen and oxygen atoms in total. The van der Waals surface area contributed by atoms with E-state index in [0.717, 1.165) is 66.6 Å². The molecule has 0 atom stereocenters. The average Bonchev–Trinajstić information content (AvgIpc) is 3.90. The van der Waals surface area contributed by atoms with Crippen LogP contribution in [0.2, 0.25) is 0 Å². The normalized spacial score (nSPS) is 13.7. The molecular weight excluding hydrogens is 841 g/mol. The molecule has 0 saturated carbocycles. The first-order chi connectivity index (χ1) is 34.8. The zero-order valence-electron chi connectivity index (χ0n) is 47.0. The second-order valence-electron chi connectivity index (χ2n) is 22.5. The molecule has 0 saturated heterocycles. The SMILES string of the molecule is [2H]c1c([2H])c([2H])c(-c2cc(C(C)(C)C)cc(C(C)(C)C)c2-[n+]2[c-]n(-c3cccc(Oc4ccc5c6ccccc6n(-c6cc(C(C)(C)C)ccn6)c5c4)c3)c3cc(-c4ccc(C(C)(C)C)cc4)ccc32)c([2H])c1[2H]. The Hall–Kier alpha value is -7.24. The molecule has 0 unspecified atom stereocenters. The van der Waals surface area contributed by atoms with Gasteiger partial charge in [0.15, 0.2) is 0 Å². The number of para-hydroxylation sites is 1. The molecule has 3 aromatic heterocycles. The Morgan fingerprint density at radius 1 is 0.522 bits per heavy atom. The molecule has 346 valence electrons. The minimum Gasteiger partial charge on any atom is -0.458 e. The van der Waals surface area contributed by atoms with Gasteiger partial charge >= 0.3 is 0 Å². The molecule has 10 aromatic rings. The van der Waals surface area contributed by atoms with Gasteiger partial charge in [-0.15, -0.1) is 0 Å². The number of imidazole rings is 1. The Labute approximate surface area is 415 Å². The maximum Gasteiger partial charge on any atom is 0.269 e. The number of benzene rings is 7. The Kier molecular flexibility index (Phi) is 9.65. The number of pyridine rings is 1. The minimum atomic E-state index is -0.464. The average molecular weight is 910 g/mol. The smallest absolute Gasteiger partial charge is 0.269 e. The van der Waals surface area contributed by atoms with Crippen LogP contribution in [-0.2, 0) is 21.7 Å². The molecule has 0 aliphatic rings. The Morgan fingerprint density at radius 2 is 1.20 bits per heavy atom. The summed E-state index contributed by atoms with van der Waals surface area (Å²) in [7, 11) is 0. The van der Waals surface area contributed by atoms with Crippen LogP contribution in [0.15, 0.2) is 170 Å². The van der Waals surface area contributed by atoms with Gasteiger partial charge in [-0.05, 0) is 121 Å². The van der Waals surface area contributed by atoms with Crippen molar-refractivity contribution in [2.24, 2.45) is 0 Å². The molecule has 3 heterocycles. The highest BCUT2D eigenvalue weighted by Gasteiger charge is 2.29. The third-order valence-corrected chi connectivity index (χ3v) is 13.3. The lowest BCUT2D eigenvalue weighted by Gasteiger charge is -2.30. The van der Waals surface area contributed by atoms with Gasteiger partial charge in [0.25, 0.3) is 6.33 Å². The van der Waals surface area contributed by atoms with Gasteiger partial charge in [-0.25, -0.2) is 4.98 Å². The summed E-state index contributed by atoms with van der Waals surface area (Å²) in [5.41, 5.74) is 11.4. The predicted octanol–water partition coefficient (Wildman–Crippen LogP) is 16.5. The highest BCUT2D eigenvalue weighted by molar-refractivity contribution is 6.09. The van der Waals surface area contributed by atoms with Gasteiger partial charge in [0.1, 0.15) is 17.3 Å². The molecule has 0 N–H and O–H groups in total. The van der Waals surface area contributed by atoms with Gasteiger partial charge in [-0.3, -0.25) is 13.7 Å². The van der Waals surface area contributed by atoms with Crippen molar-refractivity contribution in [1.29, 1.82) is 0 Å². The van der Waals surface area contributed by atoms with Crippen molar-refractivity contribution in [2.45, 2.75) is 105 Å². The van der Waals surface area contributed by atoms with Crippen molar-refractivity contribution >= 4 is 32.8 Å². The zero-order chi connectivity index (χ0) is 53.0. The maximum absolute atomic E-state index is 9.32. The lowest BCUT2D eigenvalue weighted by molar-refractivity contribution is -0.572. The Morgan fingerprint density at radius 3 is 1.91 bits per heavy atom. The second-order valence-corrected chi connectivity index (χ2v) is 22.5. The molecule has 0 fully saturated rings. The summed E-state index contributed by atoms with van der Waals surface area (Å²) in [6.07, 6.45) is 5.67. The number of ether oxygens (including phenoxy) is 1. The molecule has 0 aliphatic carbocycles. The van der Waals surface area contributed by atoms with Crippen LogP contribution in [0, 0.1) is 6.33 Å². The molecule has 5 heteroatoms. The molecule has 0 spiro atoms. The predicted molar refractivity (Wildman–Crippen MR) is 288 cm³/mol. The summed E-state index contributed by atoms with van der Waals surface area (Å²) >= 11 is 0. The molecule has 10 rings (SSSR count). The van der Waals surface area contributed by atoms with Gasteiger partial charge in [0.05, 0.1) is 40.3 Å². The van der Waals surface area contributed by atoms with Crippen LogP contribution in [0.5, 0.6) is 11.5 Å². The van der Waals surface area contributed by atoms with Crippen LogP contribution in [0.4, 0.5) is 0 Å². The molecule has 0 amide bonds. The van der Waals surface area contributed by atoms with E-state index >= 15 is 0 Å². The van der Waals surface area contributed by atoms with Gasteiger partial charge in [-0.2, -0.15) is 0 Å². The summed E-state index contributed by atoms with van der Waals surface area (Å²) in [4.78, 5) is 4.89. The molecule has 0 radical (unpaired) electrons.